The first kappa shape index (κ1) is 23.1. The van der Waals surface area contributed by atoms with Gasteiger partial charge in [0.05, 0.1) is 12.0 Å². The maximum absolute atomic E-state index is 13.0. The maximum Gasteiger partial charge on any atom is 0.416 e. The molecule has 0 atom stereocenters. The van der Waals surface area contributed by atoms with Crippen molar-refractivity contribution in [2.75, 3.05) is 5.32 Å². The minimum absolute atomic E-state index is 0.133. The fourth-order valence-electron chi connectivity index (χ4n) is 3.70. The number of alkyl halides is 3. The van der Waals surface area contributed by atoms with Gasteiger partial charge in [-0.25, -0.2) is 0 Å². The van der Waals surface area contributed by atoms with E-state index in [1.807, 2.05) is 24.3 Å². The van der Waals surface area contributed by atoms with Crippen LogP contribution in [0.4, 0.5) is 18.9 Å². The molecule has 5 nitrogen and oxygen atoms in total. The Kier molecular flexibility index (Phi) is 6.40. The zero-order valence-corrected chi connectivity index (χ0v) is 17.9. The third-order valence-corrected chi connectivity index (χ3v) is 5.25. The van der Waals surface area contributed by atoms with Crippen molar-refractivity contribution in [2.45, 2.75) is 25.4 Å². The first-order valence-corrected chi connectivity index (χ1v) is 10.5. The van der Waals surface area contributed by atoms with Crippen LogP contribution in [0.2, 0.25) is 0 Å². The lowest BCUT2D eigenvalue weighted by atomic mass is 10.0. The number of hydrogen-bond acceptors (Lipinski definition) is 3. The molecule has 0 aliphatic carbocycles. The molecule has 34 heavy (non-hydrogen) atoms. The highest BCUT2D eigenvalue weighted by Gasteiger charge is 2.30. The molecule has 8 heteroatoms. The van der Waals surface area contributed by atoms with Crippen molar-refractivity contribution in [3.05, 3.63) is 89.7 Å². The second-order valence-electron chi connectivity index (χ2n) is 7.83. The number of carboxylic acid groups (broad SMARTS) is 1. The van der Waals surface area contributed by atoms with E-state index in [0.717, 1.165) is 28.6 Å². The minimum atomic E-state index is -4.41. The number of carboxylic acids is 1. The third-order valence-electron chi connectivity index (χ3n) is 5.25. The molecule has 0 aliphatic heterocycles. The Morgan fingerprint density at radius 3 is 2.44 bits per heavy atom. The Balaban J connectivity index is 1.59. The van der Waals surface area contributed by atoms with E-state index in [2.05, 4.69) is 5.32 Å². The smallest absolute Gasteiger partial charge is 0.416 e. The van der Waals surface area contributed by atoms with E-state index in [0.29, 0.717) is 22.6 Å². The molecular formula is C26H20F3NO4. The number of rotatable bonds is 7. The van der Waals surface area contributed by atoms with Gasteiger partial charge in [0.1, 0.15) is 11.3 Å². The van der Waals surface area contributed by atoms with Gasteiger partial charge in [-0.2, -0.15) is 13.2 Å². The molecule has 174 valence electrons. The van der Waals surface area contributed by atoms with E-state index in [1.165, 1.54) is 6.07 Å². The second kappa shape index (κ2) is 9.43. The molecule has 2 N–H and O–H groups in total. The molecular weight excluding hydrogens is 447 g/mol. The summed E-state index contributed by atoms with van der Waals surface area (Å²) in [6.45, 7) is 0. The first-order valence-electron chi connectivity index (χ1n) is 10.5. The first-order chi connectivity index (χ1) is 16.2. The Bertz CT molecular complexity index is 1360. The number of hydrogen-bond donors (Lipinski definition) is 2. The molecule has 3 aromatic carbocycles. The van der Waals surface area contributed by atoms with Gasteiger partial charge >= 0.3 is 12.1 Å². The summed E-state index contributed by atoms with van der Waals surface area (Å²) < 4.78 is 45.1. The quantitative estimate of drug-likeness (QED) is 0.325. The highest BCUT2D eigenvalue weighted by molar-refractivity contribution is 5.96. The summed E-state index contributed by atoms with van der Waals surface area (Å²) in [5.74, 6) is -0.923. The van der Waals surface area contributed by atoms with Crippen LogP contribution in [0.3, 0.4) is 0 Å². The molecule has 0 unspecified atom stereocenters. The Hall–Kier alpha value is -4.07. The molecule has 0 saturated carbocycles. The molecule has 0 spiro atoms. The molecule has 0 saturated heterocycles. The van der Waals surface area contributed by atoms with E-state index in [9.17, 15) is 22.8 Å². The zero-order chi connectivity index (χ0) is 24.3. The SMILES string of the molecule is O=C(O)CCC(=O)Nc1cccc(-c2cccc3cc(Cc4cccc(C(F)(F)F)c4)oc23)c1. The summed E-state index contributed by atoms with van der Waals surface area (Å²) >= 11 is 0. The van der Waals surface area contributed by atoms with Crippen molar-refractivity contribution in [2.24, 2.45) is 0 Å². The van der Waals surface area contributed by atoms with Crippen LogP contribution in [-0.2, 0) is 22.2 Å². The molecule has 4 aromatic rings. The highest BCUT2D eigenvalue weighted by Crippen LogP contribution is 2.34. The monoisotopic (exact) mass is 467 g/mol. The van der Waals surface area contributed by atoms with Crippen LogP contribution in [-0.4, -0.2) is 17.0 Å². The van der Waals surface area contributed by atoms with Gasteiger partial charge in [-0.05, 0) is 35.4 Å². The Morgan fingerprint density at radius 2 is 1.68 bits per heavy atom. The normalized spacial score (nSPS) is 11.5. The van der Waals surface area contributed by atoms with E-state index in [1.54, 1.807) is 30.3 Å². The summed E-state index contributed by atoms with van der Waals surface area (Å²) in [7, 11) is 0. The van der Waals surface area contributed by atoms with Crippen LogP contribution in [0.1, 0.15) is 29.7 Å². The maximum atomic E-state index is 13.0. The second-order valence-corrected chi connectivity index (χ2v) is 7.83. The molecule has 4 rings (SSSR count). The van der Waals surface area contributed by atoms with Crippen molar-refractivity contribution >= 4 is 28.5 Å². The third kappa shape index (κ3) is 5.46. The van der Waals surface area contributed by atoms with Crippen LogP contribution in [0.15, 0.2) is 77.2 Å². The minimum Gasteiger partial charge on any atom is -0.481 e. The van der Waals surface area contributed by atoms with E-state index in [-0.39, 0.29) is 19.3 Å². The number of carbonyl (C=O) groups is 2. The predicted octanol–water partition coefficient (Wildman–Crippen LogP) is 6.51. The van der Waals surface area contributed by atoms with Crippen molar-refractivity contribution in [3.8, 4) is 11.1 Å². The van der Waals surface area contributed by atoms with Gasteiger partial charge in [-0.3, -0.25) is 9.59 Å². The zero-order valence-electron chi connectivity index (χ0n) is 17.9. The fraction of sp³-hybridized carbons (Fsp3) is 0.154. The van der Waals surface area contributed by atoms with Crippen LogP contribution in [0, 0.1) is 0 Å². The largest absolute Gasteiger partial charge is 0.481 e. The summed E-state index contributed by atoms with van der Waals surface area (Å²) in [6.07, 6.45) is -4.60. The number of halogens is 3. The van der Waals surface area contributed by atoms with E-state index < -0.39 is 23.6 Å². The number of fused-ring (bicyclic) bond motifs is 1. The lowest BCUT2D eigenvalue weighted by Crippen LogP contribution is -2.13. The number of anilines is 1. The molecule has 1 amide bonds. The Labute approximate surface area is 192 Å². The van der Waals surface area contributed by atoms with Crippen LogP contribution in [0.5, 0.6) is 0 Å². The predicted molar refractivity (Wildman–Crippen MR) is 121 cm³/mol. The van der Waals surface area contributed by atoms with Crippen molar-refractivity contribution in [1.29, 1.82) is 0 Å². The van der Waals surface area contributed by atoms with Crippen molar-refractivity contribution < 1.29 is 32.3 Å². The van der Waals surface area contributed by atoms with Gasteiger partial charge < -0.3 is 14.8 Å². The number of benzene rings is 3. The summed E-state index contributed by atoms with van der Waals surface area (Å²) in [4.78, 5) is 22.6. The van der Waals surface area contributed by atoms with Gasteiger partial charge in [0.2, 0.25) is 5.91 Å². The van der Waals surface area contributed by atoms with Crippen LogP contribution >= 0.6 is 0 Å². The standard InChI is InChI=1S/C26H20F3NO4/c27-26(28,29)19-7-1-4-16(12-19)13-21-15-18-6-3-9-22(25(18)34-21)17-5-2-8-20(14-17)30-23(31)10-11-24(32)33/h1-9,12,14-15H,10-11,13H2,(H,30,31)(H,32,33). The number of carbonyl (C=O) groups excluding carboxylic acids is 1. The number of nitrogens with one attached hydrogen (secondary N) is 1. The van der Waals surface area contributed by atoms with Gasteiger partial charge in [0.15, 0.2) is 0 Å². The molecule has 0 aliphatic rings. The summed E-state index contributed by atoms with van der Waals surface area (Å²) in [5, 5.41) is 12.2. The van der Waals surface area contributed by atoms with Crippen molar-refractivity contribution in [1.82, 2.24) is 0 Å². The van der Waals surface area contributed by atoms with Crippen molar-refractivity contribution in [3.63, 3.8) is 0 Å². The van der Waals surface area contributed by atoms with E-state index in [4.69, 9.17) is 9.52 Å². The van der Waals surface area contributed by atoms with Gasteiger partial charge in [-0.15, -0.1) is 0 Å². The average molecular weight is 467 g/mol. The topological polar surface area (TPSA) is 79.5 Å². The molecule has 0 bridgehead atoms. The average Bonchev–Trinajstić information content (AvgIpc) is 3.20. The van der Waals surface area contributed by atoms with Crippen LogP contribution < -0.4 is 5.32 Å². The van der Waals surface area contributed by atoms with Gasteiger partial charge in [0, 0.05) is 29.5 Å². The fourth-order valence-corrected chi connectivity index (χ4v) is 3.70. The number of amides is 1. The molecule has 0 radical (unpaired) electrons. The molecule has 1 aromatic heterocycles. The Morgan fingerprint density at radius 1 is 0.912 bits per heavy atom. The molecule has 0 fully saturated rings. The number of para-hydroxylation sites is 1. The summed E-state index contributed by atoms with van der Waals surface area (Å²) in [6, 6.07) is 19.6. The molecule has 1 heterocycles. The lowest BCUT2D eigenvalue weighted by Gasteiger charge is -2.08. The number of furan rings is 1. The highest BCUT2D eigenvalue weighted by atomic mass is 19.4. The van der Waals surface area contributed by atoms with Gasteiger partial charge in [0.25, 0.3) is 0 Å². The van der Waals surface area contributed by atoms with Gasteiger partial charge in [-0.1, -0.05) is 48.5 Å². The van der Waals surface area contributed by atoms with Crippen LogP contribution in [0.25, 0.3) is 22.1 Å². The number of aliphatic carboxylic acids is 1. The lowest BCUT2D eigenvalue weighted by molar-refractivity contribution is -0.138. The van der Waals surface area contributed by atoms with E-state index >= 15 is 0 Å². The summed E-state index contributed by atoms with van der Waals surface area (Å²) in [5.41, 5.74) is 2.40.